The maximum Gasteiger partial charge on any atom is 0.225 e. The van der Waals surface area contributed by atoms with Gasteiger partial charge in [0.05, 0.1) is 63.7 Å². The quantitative estimate of drug-likeness (QED) is 0.106. The standard InChI is InChI=1S/2C24H29FN6O4S/c2*1-34-19-9-4-10-20(35-2)22(19)31-21(28-29-23(31)16-6-3-7-16)15-36(32,33)18-8-5-11-30(14-18)24-26-12-17(25)13-27-24/h2*4,9-10,12-13,16,18H,3,5-8,11,14-15H2,1-2H3/t2*18-/m10/s1. The molecule has 2 aliphatic heterocycles. The lowest BCUT2D eigenvalue weighted by atomic mass is 9.84. The normalized spacial score (nSPS) is 18.6. The molecule has 0 spiro atoms. The Bertz CT molecular complexity index is 2810. The van der Waals surface area contributed by atoms with Crippen LogP contribution in [0.2, 0.25) is 0 Å². The molecule has 2 saturated heterocycles. The lowest BCUT2D eigenvalue weighted by Crippen LogP contribution is -2.43. The Hall–Kier alpha value is -6.56. The Kier molecular flexibility index (Phi) is 15.2. The monoisotopic (exact) mass is 1030 g/mol. The fourth-order valence-electron chi connectivity index (χ4n) is 9.66. The van der Waals surface area contributed by atoms with Crippen LogP contribution < -0.4 is 28.7 Å². The second-order valence-electron chi connectivity index (χ2n) is 18.3. The zero-order chi connectivity index (χ0) is 50.6. The second-order valence-corrected chi connectivity index (χ2v) is 22.9. The fraction of sp³-hybridized carbons (Fsp3) is 0.500. The third-order valence-corrected chi connectivity index (χ3v) is 18.0. The third-order valence-electron chi connectivity index (χ3n) is 13.9. The van der Waals surface area contributed by atoms with Crippen LogP contribution in [0.3, 0.4) is 0 Å². The van der Waals surface area contributed by atoms with Crippen molar-refractivity contribution >= 4 is 31.6 Å². The van der Waals surface area contributed by atoms with E-state index in [1.165, 1.54) is 0 Å². The van der Waals surface area contributed by atoms with E-state index in [2.05, 4.69) is 40.3 Å². The highest BCUT2D eigenvalue weighted by Gasteiger charge is 2.38. The number of sulfone groups is 2. The Morgan fingerprint density at radius 3 is 1.17 bits per heavy atom. The van der Waals surface area contributed by atoms with Gasteiger partial charge in [-0.05, 0) is 75.6 Å². The highest BCUT2D eigenvalue weighted by molar-refractivity contribution is 7.91. The number of hydrogen-bond donors (Lipinski definition) is 0. The van der Waals surface area contributed by atoms with Crippen LogP contribution in [0.1, 0.15) is 99.3 Å². The van der Waals surface area contributed by atoms with Gasteiger partial charge in [-0.15, -0.1) is 20.4 Å². The molecule has 2 aromatic carbocycles. The van der Waals surface area contributed by atoms with Crippen molar-refractivity contribution < 1.29 is 44.6 Å². The topological polar surface area (TPSA) is 225 Å². The average molecular weight is 1030 g/mol. The lowest BCUT2D eigenvalue weighted by Gasteiger charge is -2.32. The second kappa shape index (κ2) is 21.7. The molecule has 6 aromatic rings. The number of aromatic nitrogens is 10. The zero-order valence-corrected chi connectivity index (χ0v) is 42.2. The molecule has 20 nitrogen and oxygen atoms in total. The first-order valence-corrected chi connectivity index (χ1v) is 27.4. The van der Waals surface area contributed by atoms with Crippen molar-refractivity contribution in [3.8, 4) is 34.4 Å². The SMILES string of the molecule is COc1cccc(OC)c1-n1c(CS(=O)(=O)[C@@H]2CCCN(c3ncc(F)cn3)C2)nnc1C1CCC1.COc1cccc(OC)c1-n1c(CS(=O)(=O)[C@H]2CCCN(c3ncc(F)cn3)C2)nnc1C1CCC1. The average Bonchev–Trinajstić information content (AvgIpc) is 3.94. The van der Waals surface area contributed by atoms with Gasteiger partial charge in [0.2, 0.25) is 11.9 Å². The number of methoxy groups -OCH3 is 4. The lowest BCUT2D eigenvalue weighted by molar-refractivity contribution is 0.378. The van der Waals surface area contributed by atoms with Gasteiger partial charge in [-0.3, -0.25) is 9.13 Å². The summed E-state index contributed by atoms with van der Waals surface area (Å²) in [6.45, 7) is 1.68. The number of halogens is 2. The van der Waals surface area contributed by atoms with Crippen LogP contribution in [0, 0.1) is 11.6 Å². The van der Waals surface area contributed by atoms with Gasteiger partial charge >= 0.3 is 0 Å². The number of hydrogen-bond acceptors (Lipinski definition) is 18. The molecule has 4 aromatic heterocycles. The molecular formula is C48H58F2N12O8S2. The van der Waals surface area contributed by atoms with E-state index >= 15 is 0 Å². The number of piperidine rings is 2. The minimum absolute atomic E-state index is 0.198. The first-order chi connectivity index (χ1) is 34.8. The van der Waals surface area contributed by atoms with Crippen molar-refractivity contribution in [2.45, 2.75) is 98.0 Å². The van der Waals surface area contributed by atoms with Gasteiger partial charge < -0.3 is 28.7 Å². The summed E-state index contributed by atoms with van der Waals surface area (Å²) in [4.78, 5) is 19.7. The maximum absolute atomic E-state index is 13.7. The van der Waals surface area contributed by atoms with E-state index in [9.17, 15) is 25.6 Å². The molecule has 4 aliphatic rings. The van der Waals surface area contributed by atoms with Gasteiger partial charge in [-0.2, -0.15) is 0 Å². The highest BCUT2D eigenvalue weighted by Crippen LogP contribution is 2.43. The van der Waals surface area contributed by atoms with Gasteiger partial charge in [0.1, 0.15) is 57.5 Å². The summed E-state index contributed by atoms with van der Waals surface area (Å²) < 4.78 is 107. The van der Waals surface area contributed by atoms with Crippen molar-refractivity contribution in [1.29, 1.82) is 0 Å². The Balaban J connectivity index is 0.000000178. The first kappa shape index (κ1) is 50.4. The number of nitrogens with zero attached hydrogens (tertiary/aromatic N) is 12. The van der Waals surface area contributed by atoms with Crippen molar-refractivity contribution in [2.75, 3.05) is 64.4 Å². The van der Waals surface area contributed by atoms with Crippen molar-refractivity contribution in [3.05, 3.63) is 96.1 Å². The molecule has 0 amide bonds. The van der Waals surface area contributed by atoms with E-state index in [1.807, 2.05) is 45.5 Å². The minimum atomic E-state index is -3.63. The van der Waals surface area contributed by atoms with E-state index in [4.69, 9.17) is 18.9 Å². The number of para-hydroxylation sites is 2. The molecule has 72 heavy (non-hydrogen) atoms. The smallest absolute Gasteiger partial charge is 0.225 e. The van der Waals surface area contributed by atoms with Gasteiger partial charge in [0.15, 0.2) is 43.0 Å². The van der Waals surface area contributed by atoms with Gasteiger partial charge in [-0.25, -0.2) is 45.6 Å². The summed E-state index contributed by atoms with van der Waals surface area (Å²) in [5.74, 6) is 3.70. The molecule has 6 heterocycles. The number of anilines is 2. The largest absolute Gasteiger partial charge is 0.494 e. The summed E-state index contributed by atoms with van der Waals surface area (Å²) in [6.07, 6.45) is 12.8. The molecule has 2 atom stereocenters. The van der Waals surface area contributed by atoms with Crippen LogP contribution in [-0.2, 0) is 31.2 Å². The van der Waals surface area contributed by atoms with Crippen molar-refractivity contribution in [2.24, 2.45) is 0 Å². The molecule has 24 heteroatoms. The van der Waals surface area contributed by atoms with Crippen LogP contribution in [0.15, 0.2) is 61.2 Å². The number of benzene rings is 2. The Morgan fingerprint density at radius 2 is 0.861 bits per heavy atom. The van der Waals surface area contributed by atoms with Crippen LogP contribution in [0.4, 0.5) is 20.7 Å². The summed E-state index contributed by atoms with van der Waals surface area (Å²) in [5.41, 5.74) is 1.20. The number of ether oxygens (including phenoxy) is 4. The molecule has 0 bridgehead atoms. The zero-order valence-electron chi connectivity index (χ0n) is 40.6. The minimum Gasteiger partial charge on any atom is -0.494 e. The summed E-state index contributed by atoms with van der Waals surface area (Å²) in [7, 11) is -1.00. The molecular weight excluding hydrogens is 975 g/mol. The molecule has 0 unspecified atom stereocenters. The van der Waals surface area contributed by atoms with Crippen LogP contribution >= 0.6 is 0 Å². The first-order valence-electron chi connectivity index (χ1n) is 24.0. The Morgan fingerprint density at radius 1 is 0.514 bits per heavy atom. The van der Waals surface area contributed by atoms with Gasteiger partial charge in [-0.1, -0.05) is 25.0 Å². The fourth-order valence-corrected chi connectivity index (χ4v) is 13.1. The van der Waals surface area contributed by atoms with Crippen LogP contribution in [0.25, 0.3) is 11.4 Å². The molecule has 10 rings (SSSR count). The Labute approximate surface area is 417 Å². The predicted octanol–water partition coefficient (Wildman–Crippen LogP) is 6.13. The number of rotatable bonds is 16. The van der Waals surface area contributed by atoms with Crippen LogP contribution in [0.5, 0.6) is 23.0 Å². The molecule has 0 radical (unpaired) electrons. The summed E-state index contributed by atoms with van der Waals surface area (Å²) in [6, 6.07) is 10.9. The van der Waals surface area contributed by atoms with E-state index in [-0.39, 0.29) is 36.4 Å². The van der Waals surface area contributed by atoms with Gasteiger partial charge in [0.25, 0.3) is 0 Å². The molecule has 0 N–H and O–H groups in total. The maximum atomic E-state index is 13.7. The van der Waals surface area contributed by atoms with Crippen molar-refractivity contribution in [1.82, 2.24) is 49.5 Å². The van der Waals surface area contributed by atoms with E-state index in [1.54, 1.807) is 38.2 Å². The molecule has 2 aliphatic carbocycles. The van der Waals surface area contributed by atoms with Crippen LogP contribution in [-0.4, -0.2) is 131 Å². The summed E-state index contributed by atoms with van der Waals surface area (Å²) in [5, 5.41) is 16.3. The third kappa shape index (κ3) is 10.5. The predicted molar refractivity (Wildman–Crippen MR) is 262 cm³/mol. The molecule has 4 fully saturated rings. The highest BCUT2D eigenvalue weighted by atomic mass is 32.2. The molecule has 2 saturated carbocycles. The van der Waals surface area contributed by atoms with E-state index in [0.29, 0.717) is 96.7 Å². The van der Waals surface area contributed by atoms with E-state index < -0.39 is 41.8 Å². The van der Waals surface area contributed by atoms with Gasteiger partial charge in [0, 0.05) is 38.0 Å². The molecule has 384 valence electrons. The van der Waals surface area contributed by atoms with Crippen molar-refractivity contribution in [3.63, 3.8) is 0 Å². The summed E-state index contributed by atoms with van der Waals surface area (Å²) >= 11 is 0. The van der Waals surface area contributed by atoms with E-state index in [0.717, 1.165) is 75.0 Å².